The Morgan fingerprint density at radius 2 is 1.45 bits per heavy atom. The fraction of sp³-hybridized carbons (Fsp3) is 0.250. The van der Waals surface area contributed by atoms with E-state index in [0.717, 1.165) is 16.9 Å². The van der Waals surface area contributed by atoms with Crippen LogP contribution >= 0.6 is 62.3 Å². The summed E-state index contributed by atoms with van der Waals surface area (Å²) in [5.74, 6) is 0.743. The first-order valence-corrected chi connectivity index (χ1v) is 8.83. The zero-order chi connectivity index (χ0) is 16.1. The minimum absolute atomic E-state index is 0.00458. The molecule has 0 N–H and O–H groups in total. The van der Waals surface area contributed by atoms with Crippen LogP contribution in [0.5, 0.6) is 5.75 Å². The Labute approximate surface area is 157 Å². The van der Waals surface area contributed by atoms with Crippen LogP contribution in [0.3, 0.4) is 0 Å². The highest BCUT2D eigenvalue weighted by Gasteiger charge is 2.64. The van der Waals surface area contributed by atoms with E-state index in [4.69, 9.17) is 51.1 Å². The van der Waals surface area contributed by atoms with Gasteiger partial charge in [0.15, 0.2) is 0 Å². The van der Waals surface area contributed by atoms with E-state index in [-0.39, 0.29) is 11.8 Å². The second-order valence-corrected chi connectivity index (χ2v) is 8.25. The maximum absolute atomic E-state index is 6.50. The Morgan fingerprint density at radius 3 is 1.95 bits per heavy atom. The number of hydrogen-bond acceptors (Lipinski definition) is 1. The normalized spacial score (nSPS) is 22.5. The van der Waals surface area contributed by atoms with E-state index < -0.39 is 4.33 Å². The van der Waals surface area contributed by atoms with Gasteiger partial charge in [-0.15, -0.1) is 23.2 Å². The van der Waals surface area contributed by atoms with Gasteiger partial charge in [-0.05, 0) is 51.3 Å². The van der Waals surface area contributed by atoms with E-state index in [0.29, 0.717) is 14.5 Å². The zero-order valence-electron chi connectivity index (χ0n) is 11.4. The number of alkyl halides is 2. The molecule has 0 unspecified atom stereocenters. The maximum Gasteiger partial charge on any atom is 0.133 e. The molecule has 1 fully saturated rings. The van der Waals surface area contributed by atoms with E-state index in [2.05, 4.69) is 15.9 Å². The highest BCUT2D eigenvalue weighted by molar-refractivity contribution is 9.10. The van der Waals surface area contributed by atoms with Gasteiger partial charge < -0.3 is 4.74 Å². The number of halogens is 5. The van der Waals surface area contributed by atoms with E-state index >= 15 is 0 Å². The summed E-state index contributed by atoms with van der Waals surface area (Å²) in [6.07, 6.45) is 0. The molecule has 0 spiro atoms. The van der Waals surface area contributed by atoms with Gasteiger partial charge in [0, 0.05) is 11.8 Å². The number of ether oxygens (including phenoxy) is 1. The minimum Gasteiger partial charge on any atom is -0.497 e. The molecule has 0 heterocycles. The standard InChI is InChI=1S/C16H11BrCl4O/c1-22-10-4-2-8(3-5-10)13-14(16(13,20)21)9-6-11(18)15(17)12(19)7-9/h2-7,13-14H,1H3/t13-,14-/m1/s1. The molecule has 2 aromatic rings. The van der Waals surface area contributed by atoms with Crippen LogP contribution < -0.4 is 4.74 Å². The lowest BCUT2D eigenvalue weighted by molar-refractivity contribution is 0.414. The van der Waals surface area contributed by atoms with Crippen molar-refractivity contribution in [1.29, 1.82) is 0 Å². The van der Waals surface area contributed by atoms with Crippen LogP contribution in [-0.4, -0.2) is 11.4 Å². The van der Waals surface area contributed by atoms with Gasteiger partial charge in [-0.3, -0.25) is 0 Å². The summed E-state index contributed by atoms with van der Waals surface area (Å²) in [7, 11) is 1.63. The zero-order valence-corrected chi connectivity index (χ0v) is 16.0. The lowest BCUT2D eigenvalue weighted by Gasteiger charge is -2.06. The molecule has 1 nitrogen and oxygen atoms in total. The van der Waals surface area contributed by atoms with Crippen LogP contribution in [0.25, 0.3) is 0 Å². The predicted molar refractivity (Wildman–Crippen MR) is 97.1 cm³/mol. The Kier molecular flexibility index (Phi) is 4.61. The van der Waals surface area contributed by atoms with Gasteiger partial charge in [0.1, 0.15) is 10.1 Å². The molecule has 0 amide bonds. The molecule has 0 aromatic heterocycles. The fourth-order valence-corrected chi connectivity index (χ4v) is 4.34. The number of methoxy groups -OCH3 is 1. The molecule has 1 aliphatic carbocycles. The Balaban J connectivity index is 1.95. The summed E-state index contributed by atoms with van der Waals surface area (Å²) >= 11 is 28.7. The molecule has 6 heteroatoms. The third kappa shape index (κ3) is 2.85. The SMILES string of the molecule is COc1ccc([C@@H]2[C@@H](c3cc(Cl)c(Br)c(Cl)c3)C2(Cl)Cl)cc1. The first-order valence-electron chi connectivity index (χ1n) is 6.52. The van der Waals surface area contributed by atoms with Crippen molar-refractivity contribution in [2.24, 2.45) is 0 Å². The van der Waals surface area contributed by atoms with Crippen LogP contribution in [0.4, 0.5) is 0 Å². The van der Waals surface area contributed by atoms with Crippen molar-refractivity contribution in [3.8, 4) is 5.75 Å². The molecule has 0 saturated heterocycles. The molecule has 116 valence electrons. The number of hydrogen-bond donors (Lipinski definition) is 0. The topological polar surface area (TPSA) is 9.23 Å². The van der Waals surface area contributed by atoms with Gasteiger partial charge in [0.25, 0.3) is 0 Å². The van der Waals surface area contributed by atoms with Crippen LogP contribution in [0.1, 0.15) is 23.0 Å². The van der Waals surface area contributed by atoms with Gasteiger partial charge in [0.2, 0.25) is 0 Å². The van der Waals surface area contributed by atoms with Crippen molar-refractivity contribution >= 4 is 62.3 Å². The van der Waals surface area contributed by atoms with Gasteiger partial charge >= 0.3 is 0 Å². The van der Waals surface area contributed by atoms with E-state index in [9.17, 15) is 0 Å². The summed E-state index contributed by atoms with van der Waals surface area (Å²) in [6.45, 7) is 0. The molecule has 2 atom stereocenters. The molecule has 1 saturated carbocycles. The van der Waals surface area contributed by atoms with E-state index in [1.165, 1.54) is 0 Å². The monoisotopic (exact) mass is 438 g/mol. The second-order valence-electron chi connectivity index (χ2n) is 5.20. The van der Waals surface area contributed by atoms with Crippen molar-refractivity contribution in [1.82, 2.24) is 0 Å². The lowest BCUT2D eigenvalue weighted by atomic mass is 10.0. The first-order chi connectivity index (χ1) is 10.4. The third-order valence-electron chi connectivity index (χ3n) is 3.89. The van der Waals surface area contributed by atoms with Crippen LogP contribution in [0.2, 0.25) is 10.0 Å². The highest BCUT2D eigenvalue weighted by atomic mass is 79.9. The summed E-state index contributed by atoms with van der Waals surface area (Å²) in [5, 5.41) is 1.10. The Bertz CT molecular complexity index is 692. The first kappa shape index (κ1) is 16.7. The van der Waals surface area contributed by atoms with E-state index in [1.54, 1.807) is 7.11 Å². The van der Waals surface area contributed by atoms with Crippen molar-refractivity contribution in [3.63, 3.8) is 0 Å². The van der Waals surface area contributed by atoms with Crippen LogP contribution in [0.15, 0.2) is 40.9 Å². The smallest absolute Gasteiger partial charge is 0.133 e. The molecule has 3 rings (SSSR count). The van der Waals surface area contributed by atoms with Crippen molar-refractivity contribution in [2.75, 3.05) is 7.11 Å². The second kappa shape index (κ2) is 6.07. The molecule has 2 aromatic carbocycles. The summed E-state index contributed by atoms with van der Waals surface area (Å²) < 4.78 is 4.98. The third-order valence-corrected chi connectivity index (χ3v) is 6.74. The number of benzene rings is 2. The van der Waals surface area contributed by atoms with E-state index in [1.807, 2.05) is 36.4 Å². The molecule has 0 radical (unpaired) electrons. The quantitative estimate of drug-likeness (QED) is 0.376. The molecule has 1 aliphatic rings. The fourth-order valence-electron chi connectivity index (χ4n) is 2.72. The van der Waals surface area contributed by atoms with Gasteiger partial charge in [-0.25, -0.2) is 0 Å². The van der Waals surface area contributed by atoms with Crippen molar-refractivity contribution in [3.05, 3.63) is 62.0 Å². The van der Waals surface area contributed by atoms with Crippen LogP contribution in [0, 0.1) is 0 Å². The Hall–Kier alpha value is -0.120. The summed E-state index contributed by atoms with van der Waals surface area (Å²) in [4.78, 5) is 0. The largest absolute Gasteiger partial charge is 0.497 e. The maximum atomic E-state index is 6.50. The molecular formula is C16H11BrCl4O. The Morgan fingerprint density at radius 1 is 0.955 bits per heavy atom. The van der Waals surface area contributed by atoms with Gasteiger partial charge in [0.05, 0.1) is 21.6 Å². The van der Waals surface area contributed by atoms with Crippen LogP contribution in [-0.2, 0) is 0 Å². The predicted octanol–water partition coefficient (Wildman–Crippen LogP) is 6.82. The average molecular weight is 441 g/mol. The lowest BCUT2D eigenvalue weighted by Crippen LogP contribution is -1.91. The highest BCUT2D eigenvalue weighted by Crippen LogP contribution is 2.70. The van der Waals surface area contributed by atoms with Crippen molar-refractivity contribution in [2.45, 2.75) is 16.2 Å². The van der Waals surface area contributed by atoms with Crippen molar-refractivity contribution < 1.29 is 4.74 Å². The summed E-state index contributed by atoms with van der Waals surface area (Å²) in [5.41, 5.74) is 2.00. The molecular weight excluding hydrogens is 430 g/mol. The molecule has 0 aliphatic heterocycles. The molecule has 0 bridgehead atoms. The molecule has 22 heavy (non-hydrogen) atoms. The van der Waals surface area contributed by atoms with Gasteiger partial charge in [-0.1, -0.05) is 35.3 Å². The van der Waals surface area contributed by atoms with Gasteiger partial charge in [-0.2, -0.15) is 0 Å². The number of rotatable bonds is 3. The average Bonchev–Trinajstić information content (AvgIpc) is 3.07. The summed E-state index contributed by atoms with van der Waals surface area (Å²) in [6, 6.07) is 11.5. The minimum atomic E-state index is -0.866.